The van der Waals surface area contributed by atoms with Gasteiger partial charge in [0.15, 0.2) is 0 Å². The maximum absolute atomic E-state index is 13.1. The predicted molar refractivity (Wildman–Crippen MR) is 112 cm³/mol. The summed E-state index contributed by atoms with van der Waals surface area (Å²) < 4.78 is 5.18. The minimum Gasteiger partial charge on any atom is -0.497 e. The first-order valence-corrected chi connectivity index (χ1v) is 9.29. The molecule has 1 N–H and O–H groups in total. The third-order valence-electron chi connectivity index (χ3n) is 4.44. The van der Waals surface area contributed by atoms with Crippen molar-refractivity contribution in [1.82, 2.24) is 9.88 Å². The van der Waals surface area contributed by atoms with Gasteiger partial charge >= 0.3 is 0 Å². The predicted octanol–water partition coefficient (Wildman–Crippen LogP) is 4.88. The Morgan fingerprint density at radius 1 is 1.04 bits per heavy atom. The van der Waals surface area contributed by atoms with Gasteiger partial charge in [-0.15, -0.1) is 0 Å². The number of nitrogens with one attached hydrogen (secondary N) is 1. The number of nitrogens with zero attached hydrogens (tertiary/aromatic N) is 2. The number of pyridine rings is 1. The zero-order valence-electron chi connectivity index (χ0n) is 16.4. The van der Waals surface area contributed by atoms with Crippen molar-refractivity contribution >= 4 is 17.3 Å². The van der Waals surface area contributed by atoms with Crippen molar-refractivity contribution in [1.29, 1.82) is 0 Å². The first-order valence-electron chi connectivity index (χ1n) is 9.29. The number of ether oxygens (including phenoxy) is 1. The summed E-state index contributed by atoms with van der Waals surface area (Å²) in [4.78, 5) is 19.2. The Bertz CT molecular complexity index is 909. The molecule has 0 atom stereocenters. The summed E-state index contributed by atoms with van der Waals surface area (Å²) in [7, 11) is 1.64. The molecule has 0 spiro atoms. The SMILES string of the molecule is COc1ccc(Nc2ccnc(C(=O)N(Cc3ccccc3)C(C)C)c2)cc1. The molecule has 0 aliphatic carbocycles. The molecule has 3 rings (SSSR count). The Morgan fingerprint density at radius 3 is 2.39 bits per heavy atom. The molecule has 0 bridgehead atoms. The lowest BCUT2D eigenvalue weighted by molar-refractivity contribution is 0.0684. The highest BCUT2D eigenvalue weighted by atomic mass is 16.5. The van der Waals surface area contributed by atoms with E-state index in [1.807, 2.05) is 79.4 Å². The zero-order valence-corrected chi connectivity index (χ0v) is 16.4. The van der Waals surface area contributed by atoms with E-state index in [-0.39, 0.29) is 11.9 Å². The Morgan fingerprint density at radius 2 is 1.75 bits per heavy atom. The molecule has 1 amide bonds. The van der Waals surface area contributed by atoms with Crippen LogP contribution in [0.3, 0.4) is 0 Å². The number of aromatic nitrogens is 1. The average Bonchev–Trinajstić information content (AvgIpc) is 2.73. The van der Waals surface area contributed by atoms with E-state index < -0.39 is 0 Å². The van der Waals surface area contributed by atoms with Gasteiger partial charge in [0.25, 0.3) is 5.91 Å². The topological polar surface area (TPSA) is 54.5 Å². The third kappa shape index (κ3) is 4.88. The average molecular weight is 375 g/mol. The molecule has 0 unspecified atom stereocenters. The van der Waals surface area contributed by atoms with E-state index in [2.05, 4.69) is 10.3 Å². The molecule has 28 heavy (non-hydrogen) atoms. The highest BCUT2D eigenvalue weighted by Crippen LogP contribution is 2.21. The molecule has 0 aliphatic rings. The highest BCUT2D eigenvalue weighted by Gasteiger charge is 2.20. The Balaban J connectivity index is 1.77. The largest absolute Gasteiger partial charge is 0.497 e. The number of anilines is 2. The molecule has 5 heteroatoms. The lowest BCUT2D eigenvalue weighted by Crippen LogP contribution is -2.36. The summed E-state index contributed by atoms with van der Waals surface area (Å²) in [5.74, 6) is 0.710. The van der Waals surface area contributed by atoms with Crippen LogP contribution in [0.25, 0.3) is 0 Å². The van der Waals surface area contributed by atoms with Crippen LogP contribution in [0.4, 0.5) is 11.4 Å². The fourth-order valence-electron chi connectivity index (χ4n) is 2.88. The molecule has 1 aromatic heterocycles. The number of carbonyl (C=O) groups is 1. The minimum atomic E-state index is -0.0859. The van der Waals surface area contributed by atoms with E-state index in [0.29, 0.717) is 12.2 Å². The number of hydrogen-bond acceptors (Lipinski definition) is 4. The van der Waals surface area contributed by atoms with Gasteiger partial charge in [-0.05, 0) is 55.8 Å². The quantitative estimate of drug-likeness (QED) is 0.639. The smallest absolute Gasteiger partial charge is 0.273 e. The Kier molecular flexibility index (Phi) is 6.27. The summed E-state index contributed by atoms with van der Waals surface area (Å²) >= 11 is 0. The van der Waals surface area contributed by atoms with Crippen molar-refractivity contribution in [3.8, 4) is 5.75 Å². The third-order valence-corrected chi connectivity index (χ3v) is 4.44. The maximum Gasteiger partial charge on any atom is 0.273 e. The van der Waals surface area contributed by atoms with Crippen LogP contribution in [0.5, 0.6) is 5.75 Å². The van der Waals surface area contributed by atoms with Crippen molar-refractivity contribution in [2.45, 2.75) is 26.4 Å². The van der Waals surface area contributed by atoms with E-state index in [9.17, 15) is 4.79 Å². The first-order chi connectivity index (χ1) is 13.6. The molecule has 0 radical (unpaired) electrons. The summed E-state index contributed by atoms with van der Waals surface area (Å²) in [6.07, 6.45) is 1.65. The van der Waals surface area contributed by atoms with E-state index in [1.54, 1.807) is 19.4 Å². The van der Waals surface area contributed by atoms with Gasteiger partial charge in [-0.1, -0.05) is 30.3 Å². The van der Waals surface area contributed by atoms with Gasteiger partial charge < -0.3 is 15.0 Å². The van der Waals surface area contributed by atoms with Gasteiger partial charge in [-0.25, -0.2) is 0 Å². The standard InChI is InChI=1S/C23H25N3O2/c1-17(2)26(16-18-7-5-4-6-8-18)23(27)22-15-20(13-14-24-22)25-19-9-11-21(28-3)12-10-19/h4-15,17H,16H2,1-3H3,(H,24,25). The second kappa shape index (κ2) is 9.04. The maximum atomic E-state index is 13.1. The van der Waals surface area contributed by atoms with Gasteiger partial charge in [0.1, 0.15) is 11.4 Å². The van der Waals surface area contributed by atoms with Crippen LogP contribution in [0, 0.1) is 0 Å². The van der Waals surface area contributed by atoms with Crippen LogP contribution in [-0.2, 0) is 6.54 Å². The van der Waals surface area contributed by atoms with Gasteiger partial charge in [0.05, 0.1) is 7.11 Å². The van der Waals surface area contributed by atoms with Crippen molar-refractivity contribution < 1.29 is 9.53 Å². The van der Waals surface area contributed by atoms with Gasteiger partial charge in [0, 0.05) is 30.2 Å². The van der Waals surface area contributed by atoms with E-state index in [0.717, 1.165) is 22.7 Å². The van der Waals surface area contributed by atoms with E-state index >= 15 is 0 Å². The lowest BCUT2D eigenvalue weighted by atomic mass is 10.1. The monoisotopic (exact) mass is 375 g/mol. The van der Waals surface area contributed by atoms with Crippen LogP contribution in [0.1, 0.15) is 29.9 Å². The molecule has 5 nitrogen and oxygen atoms in total. The molecule has 0 saturated carbocycles. The zero-order chi connectivity index (χ0) is 19.9. The highest BCUT2D eigenvalue weighted by molar-refractivity contribution is 5.93. The number of hydrogen-bond donors (Lipinski definition) is 1. The van der Waals surface area contributed by atoms with Gasteiger partial charge in [-0.2, -0.15) is 0 Å². The van der Waals surface area contributed by atoms with Crippen LogP contribution in [0.2, 0.25) is 0 Å². The van der Waals surface area contributed by atoms with Crippen molar-refractivity contribution in [3.63, 3.8) is 0 Å². The van der Waals surface area contributed by atoms with Crippen LogP contribution in [-0.4, -0.2) is 28.9 Å². The molecule has 2 aromatic carbocycles. The van der Waals surface area contributed by atoms with Crippen LogP contribution >= 0.6 is 0 Å². The lowest BCUT2D eigenvalue weighted by Gasteiger charge is -2.26. The number of carbonyl (C=O) groups excluding carboxylic acids is 1. The molecule has 0 aliphatic heterocycles. The fourth-order valence-corrected chi connectivity index (χ4v) is 2.88. The second-order valence-electron chi connectivity index (χ2n) is 6.80. The van der Waals surface area contributed by atoms with Gasteiger partial charge in [0.2, 0.25) is 0 Å². The molecule has 3 aromatic rings. The first kappa shape index (κ1) is 19.4. The van der Waals surface area contributed by atoms with Crippen molar-refractivity contribution in [2.24, 2.45) is 0 Å². The van der Waals surface area contributed by atoms with E-state index in [4.69, 9.17) is 4.74 Å². The second-order valence-corrected chi connectivity index (χ2v) is 6.80. The fraction of sp³-hybridized carbons (Fsp3) is 0.217. The molecule has 0 fully saturated rings. The molecule has 144 valence electrons. The number of amides is 1. The summed E-state index contributed by atoms with van der Waals surface area (Å²) in [5, 5.41) is 3.30. The van der Waals surface area contributed by atoms with Gasteiger partial charge in [-0.3, -0.25) is 9.78 Å². The molecule has 1 heterocycles. The van der Waals surface area contributed by atoms with Crippen molar-refractivity contribution in [2.75, 3.05) is 12.4 Å². The number of rotatable bonds is 7. The number of methoxy groups -OCH3 is 1. The Labute approximate surface area is 166 Å². The summed E-state index contributed by atoms with van der Waals surface area (Å²) in [6.45, 7) is 4.58. The van der Waals surface area contributed by atoms with E-state index in [1.165, 1.54) is 0 Å². The molecular formula is C23H25N3O2. The van der Waals surface area contributed by atoms with Crippen molar-refractivity contribution in [3.05, 3.63) is 84.2 Å². The molecule has 0 saturated heterocycles. The number of benzene rings is 2. The summed E-state index contributed by atoms with van der Waals surface area (Å²) in [5.41, 5.74) is 3.24. The minimum absolute atomic E-state index is 0.0627. The van der Waals surface area contributed by atoms with Crippen LogP contribution in [0.15, 0.2) is 72.9 Å². The summed E-state index contributed by atoms with van der Waals surface area (Å²) in [6, 6.07) is 21.3. The van der Waals surface area contributed by atoms with Crippen LogP contribution < -0.4 is 10.1 Å². The normalized spacial score (nSPS) is 10.6. The Hall–Kier alpha value is -3.34. The molecular weight excluding hydrogens is 350 g/mol.